The van der Waals surface area contributed by atoms with Crippen LogP contribution < -0.4 is 10.3 Å². The smallest absolute Gasteiger partial charge is 0.271 e. The van der Waals surface area contributed by atoms with Gasteiger partial charge in [-0.15, -0.1) is 0 Å². The summed E-state index contributed by atoms with van der Waals surface area (Å²) in [5.41, 5.74) is 5.94. The Balaban J connectivity index is 1.71. The number of hydrogen-bond donors (Lipinski definition) is 1. The number of rotatable bonds is 5. The lowest BCUT2D eigenvalue weighted by molar-refractivity contribution is -0.384. The molecule has 1 saturated heterocycles. The molecule has 0 aromatic heterocycles. The third-order valence-corrected chi connectivity index (χ3v) is 4.08. The maximum Gasteiger partial charge on any atom is 0.271 e. The zero-order valence-corrected chi connectivity index (χ0v) is 13.8. The van der Waals surface area contributed by atoms with E-state index in [1.165, 1.54) is 12.1 Å². The summed E-state index contributed by atoms with van der Waals surface area (Å²) in [5, 5.41) is 15.1. The number of carbonyl (C=O) groups is 1. The van der Waals surface area contributed by atoms with Crippen LogP contribution in [0.25, 0.3) is 0 Å². The van der Waals surface area contributed by atoms with Crippen molar-refractivity contribution < 1.29 is 9.72 Å². The number of amides is 1. The molecule has 0 unspecified atom stereocenters. The van der Waals surface area contributed by atoms with Gasteiger partial charge in [-0.25, -0.2) is 0 Å². The van der Waals surface area contributed by atoms with Gasteiger partial charge in [-0.1, -0.05) is 18.2 Å². The Hall–Kier alpha value is -3.22. The number of non-ortho nitro benzene ring substituents is 1. The Morgan fingerprint density at radius 1 is 1.24 bits per heavy atom. The summed E-state index contributed by atoms with van der Waals surface area (Å²) in [4.78, 5) is 23.9. The van der Waals surface area contributed by atoms with Gasteiger partial charge in [-0.05, 0) is 37.1 Å². The molecule has 1 aliphatic rings. The van der Waals surface area contributed by atoms with E-state index in [-0.39, 0.29) is 11.6 Å². The minimum atomic E-state index is -0.444. The first kappa shape index (κ1) is 16.6. The molecule has 0 bridgehead atoms. The van der Waals surface area contributed by atoms with Gasteiger partial charge >= 0.3 is 0 Å². The maximum absolute atomic E-state index is 11.8. The van der Waals surface area contributed by atoms with Crippen LogP contribution in [-0.4, -0.2) is 23.1 Å². The summed E-state index contributed by atoms with van der Waals surface area (Å²) < 4.78 is 0. The summed E-state index contributed by atoms with van der Waals surface area (Å²) in [6.45, 7) is 2.61. The van der Waals surface area contributed by atoms with E-state index in [0.29, 0.717) is 12.1 Å². The van der Waals surface area contributed by atoms with Crippen LogP contribution in [0.5, 0.6) is 0 Å². The Kier molecular flexibility index (Phi) is 4.74. The maximum atomic E-state index is 11.8. The van der Waals surface area contributed by atoms with Crippen molar-refractivity contribution in [1.82, 2.24) is 0 Å². The molecule has 7 nitrogen and oxygen atoms in total. The topological polar surface area (TPSA) is 87.8 Å². The summed E-state index contributed by atoms with van der Waals surface area (Å²) in [5.74, 6) is 0.158. The summed E-state index contributed by atoms with van der Waals surface area (Å²) >= 11 is 0. The molecule has 128 valence electrons. The molecule has 7 heteroatoms. The quantitative estimate of drug-likeness (QED) is 0.513. The Morgan fingerprint density at radius 3 is 2.64 bits per heavy atom. The molecule has 1 fully saturated rings. The fourth-order valence-corrected chi connectivity index (χ4v) is 2.71. The molecule has 0 atom stereocenters. The summed E-state index contributed by atoms with van der Waals surface area (Å²) in [6, 6.07) is 13.8. The molecule has 0 radical (unpaired) electrons. The number of hydrogen-bond acceptors (Lipinski definition) is 5. The normalized spacial score (nSPS) is 14.7. The van der Waals surface area contributed by atoms with Gasteiger partial charge in [0.25, 0.3) is 5.69 Å². The first-order valence-electron chi connectivity index (χ1n) is 8.00. The van der Waals surface area contributed by atoms with Crippen LogP contribution in [0.15, 0.2) is 53.6 Å². The first-order chi connectivity index (χ1) is 12.0. The van der Waals surface area contributed by atoms with E-state index in [1.807, 2.05) is 31.2 Å². The lowest BCUT2D eigenvalue weighted by Gasteiger charge is -2.15. The van der Waals surface area contributed by atoms with Crippen molar-refractivity contribution in [1.29, 1.82) is 0 Å². The lowest BCUT2D eigenvalue weighted by atomic mass is 10.1. The first-order valence-corrected chi connectivity index (χ1v) is 8.00. The van der Waals surface area contributed by atoms with Crippen LogP contribution in [0.4, 0.5) is 17.1 Å². The fraction of sp³-hybridized carbons (Fsp3) is 0.222. The Morgan fingerprint density at radius 2 is 2.00 bits per heavy atom. The van der Waals surface area contributed by atoms with Crippen molar-refractivity contribution in [2.75, 3.05) is 16.9 Å². The second-order valence-corrected chi connectivity index (χ2v) is 5.81. The number of hydrazone groups is 1. The number of nitrogens with one attached hydrogen (secondary N) is 1. The Bertz CT molecular complexity index is 830. The van der Waals surface area contributed by atoms with Gasteiger partial charge in [0.1, 0.15) is 0 Å². The van der Waals surface area contributed by atoms with Crippen LogP contribution in [0.1, 0.15) is 25.3 Å². The van der Waals surface area contributed by atoms with E-state index in [2.05, 4.69) is 10.5 Å². The predicted molar refractivity (Wildman–Crippen MR) is 97.0 cm³/mol. The molecule has 25 heavy (non-hydrogen) atoms. The van der Waals surface area contributed by atoms with Crippen LogP contribution in [-0.2, 0) is 4.79 Å². The molecular formula is C18H18N4O3. The second-order valence-electron chi connectivity index (χ2n) is 5.81. The van der Waals surface area contributed by atoms with Gasteiger partial charge in [-0.2, -0.15) is 5.10 Å². The van der Waals surface area contributed by atoms with Crippen LogP contribution in [0, 0.1) is 10.1 Å². The highest BCUT2D eigenvalue weighted by molar-refractivity contribution is 6.00. The summed E-state index contributed by atoms with van der Waals surface area (Å²) in [6.07, 6.45) is 1.50. The molecule has 1 heterocycles. The third-order valence-electron chi connectivity index (χ3n) is 4.08. The van der Waals surface area contributed by atoms with Crippen LogP contribution in [0.2, 0.25) is 0 Å². The standard InChI is InChI=1S/C18H18N4O3/c1-13(19-20-15-4-2-5-17(12-15)22(24)25)14-7-9-16(10-8-14)21-11-3-6-18(21)23/h2,4-5,7-10,12,20H,3,6,11H2,1H3/b19-13-. The monoisotopic (exact) mass is 338 g/mol. The van der Waals surface area contributed by atoms with E-state index in [1.54, 1.807) is 17.0 Å². The molecule has 2 aromatic carbocycles. The average Bonchev–Trinajstić information content (AvgIpc) is 3.06. The number of anilines is 2. The van der Waals surface area contributed by atoms with E-state index in [4.69, 9.17) is 0 Å². The minimum Gasteiger partial charge on any atom is -0.312 e. The van der Waals surface area contributed by atoms with Gasteiger partial charge < -0.3 is 4.90 Å². The van der Waals surface area contributed by atoms with Crippen molar-refractivity contribution >= 4 is 28.7 Å². The molecule has 1 aliphatic heterocycles. The van der Waals surface area contributed by atoms with Crippen LogP contribution in [0.3, 0.4) is 0 Å². The molecular weight excluding hydrogens is 320 g/mol. The van der Waals surface area contributed by atoms with Gasteiger partial charge in [0.2, 0.25) is 5.91 Å². The number of carbonyl (C=O) groups excluding carboxylic acids is 1. The van der Waals surface area contributed by atoms with Crippen LogP contribution >= 0.6 is 0 Å². The molecule has 3 rings (SSSR count). The largest absolute Gasteiger partial charge is 0.312 e. The van der Waals surface area contributed by atoms with Crippen molar-refractivity contribution in [3.8, 4) is 0 Å². The summed E-state index contributed by atoms with van der Waals surface area (Å²) in [7, 11) is 0. The molecule has 0 aliphatic carbocycles. The molecule has 1 N–H and O–H groups in total. The van der Waals surface area contributed by atoms with Crippen molar-refractivity contribution in [2.24, 2.45) is 5.10 Å². The zero-order chi connectivity index (χ0) is 17.8. The highest BCUT2D eigenvalue weighted by Gasteiger charge is 2.21. The SMILES string of the molecule is C/C(=N/Nc1cccc([N+](=O)[O-])c1)c1ccc(N2CCCC2=O)cc1. The predicted octanol–water partition coefficient (Wildman–Crippen LogP) is 3.56. The molecule has 0 spiro atoms. The van der Waals surface area contributed by atoms with Gasteiger partial charge in [0, 0.05) is 30.8 Å². The lowest BCUT2D eigenvalue weighted by Crippen LogP contribution is -2.23. The van der Waals surface area contributed by atoms with Crippen molar-refractivity contribution in [2.45, 2.75) is 19.8 Å². The van der Waals surface area contributed by atoms with Gasteiger partial charge in [0.05, 0.1) is 16.3 Å². The fourth-order valence-electron chi connectivity index (χ4n) is 2.71. The molecule has 2 aromatic rings. The minimum absolute atomic E-state index is 0.0116. The zero-order valence-electron chi connectivity index (χ0n) is 13.8. The molecule has 0 saturated carbocycles. The number of benzene rings is 2. The third kappa shape index (κ3) is 3.82. The number of nitrogens with zero attached hydrogens (tertiary/aromatic N) is 3. The van der Waals surface area contributed by atoms with E-state index < -0.39 is 4.92 Å². The number of nitro benzene ring substituents is 1. The van der Waals surface area contributed by atoms with Gasteiger partial charge in [-0.3, -0.25) is 20.3 Å². The van der Waals surface area contributed by atoms with E-state index in [9.17, 15) is 14.9 Å². The van der Waals surface area contributed by atoms with E-state index in [0.717, 1.165) is 29.9 Å². The second kappa shape index (κ2) is 7.12. The van der Waals surface area contributed by atoms with E-state index >= 15 is 0 Å². The highest BCUT2D eigenvalue weighted by atomic mass is 16.6. The van der Waals surface area contributed by atoms with Crippen molar-refractivity contribution in [3.05, 3.63) is 64.2 Å². The van der Waals surface area contributed by atoms with Crippen molar-refractivity contribution in [3.63, 3.8) is 0 Å². The van der Waals surface area contributed by atoms with Gasteiger partial charge in [0.15, 0.2) is 0 Å². The average molecular weight is 338 g/mol. The number of nitro groups is 1. The molecule has 1 amide bonds. The Labute approximate surface area is 145 Å². The highest BCUT2D eigenvalue weighted by Crippen LogP contribution is 2.22.